The van der Waals surface area contributed by atoms with E-state index in [0.29, 0.717) is 11.3 Å². The Hall–Kier alpha value is -2.63. The van der Waals surface area contributed by atoms with Crippen LogP contribution in [0, 0.1) is 12.7 Å². The number of aromatic amines is 1. The number of anilines is 1. The van der Waals surface area contributed by atoms with Gasteiger partial charge in [-0.1, -0.05) is 12.1 Å². The van der Waals surface area contributed by atoms with Crippen molar-refractivity contribution in [2.75, 3.05) is 5.32 Å². The van der Waals surface area contributed by atoms with Gasteiger partial charge in [0, 0.05) is 11.9 Å². The van der Waals surface area contributed by atoms with Crippen molar-refractivity contribution in [3.05, 3.63) is 53.1 Å². The Morgan fingerprint density at radius 3 is 2.55 bits per heavy atom. The van der Waals surface area contributed by atoms with Gasteiger partial charge in [-0.05, 0) is 24.6 Å². The molecule has 0 aliphatic rings. The molecule has 1 aromatic carbocycles. The van der Waals surface area contributed by atoms with Gasteiger partial charge in [-0.3, -0.25) is 4.79 Å². The van der Waals surface area contributed by atoms with Crippen LogP contribution in [0.3, 0.4) is 0 Å². The van der Waals surface area contributed by atoms with Crippen molar-refractivity contribution in [1.82, 2.24) is 4.98 Å². The van der Waals surface area contributed by atoms with Gasteiger partial charge in [0.15, 0.2) is 0 Å². The fourth-order valence-electron chi connectivity index (χ4n) is 1.88. The third kappa shape index (κ3) is 3.03. The molecule has 2 aromatic rings. The second kappa shape index (κ2) is 5.56. The number of amides is 1. The lowest BCUT2D eigenvalue weighted by atomic mass is 10.1. The van der Waals surface area contributed by atoms with Crippen molar-refractivity contribution in [2.24, 2.45) is 0 Å². The predicted molar refractivity (Wildman–Crippen MR) is 71.2 cm³/mol. The minimum atomic E-state index is -1.11. The van der Waals surface area contributed by atoms with Crippen molar-refractivity contribution < 1.29 is 19.1 Å². The summed E-state index contributed by atoms with van der Waals surface area (Å²) in [4.78, 5) is 25.7. The Bertz CT molecular complexity index is 647. The summed E-state index contributed by atoms with van der Waals surface area (Å²) in [5.41, 5.74) is 1.38. The van der Waals surface area contributed by atoms with E-state index in [0.717, 1.165) is 0 Å². The molecule has 0 saturated heterocycles. The summed E-state index contributed by atoms with van der Waals surface area (Å²) in [6.45, 7) is 1.61. The van der Waals surface area contributed by atoms with Crippen molar-refractivity contribution in [1.29, 1.82) is 0 Å². The second-order valence-electron chi connectivity index (χ2n) is 4.36. The summed E-state index contributed by atoms with van der Waals surface area (Å²) in [6.07, 6.45) is 1.48. The van der Waals surface area contributed by atoms with Crippen LogP contribution in [-0.2, 0) is 11.2 Å². The van der Waals surface area contributed by atoms with E-state index in [2.05, 4.69) is 10.3 Å². The Labute approximate surface area is 114 Å². The molecule has 0 spiro atoms. The number of hydrogen-bond acceptors (Lipinski definition) is 2. The molecule has 0 aliphatic carbocycles. The topological polar surface area (TPSA) is 82.2 Å². The number of aromatic carboxylic acids is 1. The molecule has 1 aromatic heterocycles. The molecule has 2 rings (SSSR count). The third-order valence-electron chi connectivity index (χ3n) is 2.84. The molecule has 3 N–H and O–H groups in total. The average Bonchev–Trinajstić information content (AvgIpc) is 2.73. The Kier molecular flexibility index (Phi) is 3.84. The highest BCUT2D eigenvalue weighted by Crippen LogP contribution is 2.19. The predicted octanol–water partition coefficient (Wildman–Crippen LogP) is 2.34. The zero-order chi connectivity index (χ0) is 14.7. The summed E-state index contributed by atoms with van der Waals surface area (Å²) in [6, 6.07) is 5.56. The summed E-state index contributed by atoms with van der Waals surface area (Å²) >= 11 is 0. The van der Waals surface area contributed by atoms with Crippen LogP contribution in [-0.4, -0.2) is 22.0 Å². The van der Waals surface area contributed by atoms with E-state index in [9.17, 15) is 14.0 Å². The second-order valence-corrected chi connectivity index (χ2v) is 4.36. The SMILES string of the molecule is Cc1[nH]cc(NC(=O)Cc2ccc(F)cc2)c1C(=O)O. The molecule has 1 amide bonds. The van der Waals surface area contributed by atoms with Gasteiger partial charge in [0.2, 0.25) is 5.91 Å². The lowest BCUT2D eigenvalue weighted by molar-refractivity contribution is -0.115. The van der Waals surface area contributed by atoms with Gasteiger partial charge in [-0.2, -0.15) is 0 Å². The number of nitrogens with one attached hydrogen (secondary N) is 2. The quantitative estimate of drug-likeness (QED) is 0.801. The Morgan fingerprint density at radius 1 is 1.30 bits per heavy atom. The number of hydrogen-bond donors (Lipinski definition) is 3. The van der Waals surface area contributed by atoms with E-state index in [1.54, 1.807) is 6.92 Å². The van der Waals surface area contributed by atoms with Crippen LogP contribution in [0.15, 0.2) is 30.5 Å². The van der Waals surface area contributed by atoms with Crippen LogP contribution < -0.4 is 5.32 Å². The summed E-state index contributed by atoms with van der Waals surface area (Å²) < 4.78 is 12.7. The lowest BCUT2D eigenvalue weighted by Gasteiger charge is -2.05. The summed E-state index contributed by atoms with van der Waals surface area (Å²) in [5.74, 6) is -1.84. The molecule has 0 bridgehead atoms. The first kappa shape index (κ1) is 13.8. The van der Waals surface area contributed by atoms with Gasteiger partial charge in [0.05, 0.1) is 12.1 Å². The van der Waals surface area contributed by atoms with Gasteiger partial charge in [-0.15, -0.1) is 0 Å². The first-order chi connectivity index (χ1) is 9.47. The van der Waals surface area contributed by atoms with E-state index < -0.39 is 5.97 Å². The van der Waals surface area contributed by atoms with Gasteiger partial charge in [-0.25, -0.2) is 9.18 Å². The van der Waals surface area contributed by atoms with E-state index in [4.69, 9.17) is 5.11 Å². The van der Waals surface area contributed by atoms with Crippen molar-refractivity contribution in [2.45, 2.75) is 13.3 Å². The maximum absolute atomic E-state index is 12.7. The number of carboxylic acid groups (broad SMARTS) is 1. The van der Waals surface area contributed by atoms with E-state index in [1.807, 2.05) is 0 Å². The van der Waals surface area contributed by atoms with Crippen LogP contribution in [0.5, 0.6) is 0 Å². The van der Waals surface area contributed by atoms with Crippen molar-refractivity contribution >= 4 is 17.6 Å². The number of aryl methyl sites for hydroxylation is 1. The highest BCUT2D eigenvalue weighted by Gasteiger charge is 2.17. The number of halogens is 1. The third-order valence-corrected chi connectivity index (χ3v) is 2.84. The number of benzene rings is 1. The summed E-state index contributed by atoms with van der Waals surface area (Å²) in [5, 5.41) is 11.6. The molecule has 0 saturated carbocycles. The molecule has 6 heteroatoms. The van der Waals surface area contributed by atoms with Gasteiger partial charge in [0.25, 0.3) is 0 Å². The largest absolute Gasteiger partial charge is 0.478 e. The molecular weight excluding hydrogens is 263 g/mol. The zero-order valence-corrected chi connectivity index (χ0v) is 10.7. The Morgan fingerprint density at radius 2 is 1.95 bits per heavy atom. The van der Waals surface area contributed by atoms with E-state index in [-0.39, 0.29) is 29.4 Å². The monoisotopic (exact) mass is 276 g/mol. The van der Waals surface area contributed by atoms with Crippen LogP contribution in [0.1, 0.15) is 21.6 Å². The fraction of sp³-hybridized carbons (Fsp3) is 0.143. The maximum atomic E-state index is 12.7. The number of carbonyl (C=O) groups excluding carboxylic acids is 1. The standard InChI is InChI=1S/C14H13FN2O3/c1-8-13(14(19)20)11(7-16-8)17-12(18)6-9-2-4-10(15)5-3-9/h2-5,7,16H,6H2,1H3,(H,17,18)(H,19,20). The van der Waals surface area contributed by atoms with Crippen LogP contribution >= 0.6 is 0 Å². The highest BCUT2D eigenvalue weighted by molar-refractivity contribution is 6.01. The number of rotatable bonds is 4. The molecule has 0 fully saturated rings. The van der Waals surface area contributed by atoms with Crippen LogP contribution in [0.2, 0.25) is 0 Å². The Balaban J connectivity index is 2.09. The molecule has 5 nitrogen and oxygen atoms in total. The smallest absolute Gasteiger partial charge is 0.339 e. The first-order valence-corrected chi connectivity index (χ1v) is 5.93. The summed E-state index contributed by atoms with van der Waals surface area (Å²) in [7, 11) is 0. The van der Waals surface area contributed by atoms with Gasteiger partial charge < -0.3 is 15.4 Å². The van der Waals surface area contributed by atoms with E-state index >= 15 is 0 Å². The van der Waals surface area contributed by atoms with Crippen molar-refractivity contribution in [3.63, 3.8) is 0 Å². The van der Waals surface area contributed by atoms with E-state index in [1.165, 1.54) is 30.5 Å². The molecule has 0 unspecified atom stereocenters. The van der Waals surface area contributed by atoms with Crippen molar-refractivity contribution in [3.8, 4) is 0 Å². The zero-order valence-electron chi connectivity index (χ0n) is 10.7. The van der Waals surface area contributed by atoms with Gasteiger partial charge in [0.1, 0.15) is 11.4 Å². The molecule has 1 heterocycles. The maximum Gasteiger partial charge on any atom is 0.339 e. The van der Waals surface area contributed by atoms with Crippen LogP contribution in [0.25, 0.3) is 0 Å². The first-order valence-electron chi connectivity index (χ1n) is 5.93. The fourth-order valence-corrected chi connectivity index (χ4v) is 1.88. The number of carboxylic acids is 1. The molecule has 0 aliphatic heterocycles. The normalized spacial score (nSPS) is 10.3. The van der Waals surface area contributed by atoms with Gasteiger partial charge >= 0.3 is 5.97 Å². The lowest BCUT2D eigenvalue weighted by Crippen LogP contribution is -2.16. The molecule has 0 radical (unpaired) electrons. The van der Waals surface area contributed by atoms with Crippen LogP contribution in [0.4, 0.5) is 10.1 Å². The molecular formula is C14H13FN2O3. The minimum absolute atomic E-state index is 0.0393. The molecule has 20 heavy (non-hydrogen) atoms. The molecule has 104 valence electrons. The minimum Gasteiger partial charge on any atom is -0.478 e. The number of carbonyl (C=O) groups is 2. The highest BCUT2D eigenvalue weighted by atomic mass is 19.1. The average molecular weight is 276 g/mol. The number of aromatic nitrogens is 1. The number of H-pyrrole nitrogens is 1. The molecule has 0 atom stereocenters.